The maximum Gasteiger partial charge on any atom is 0.286 e. The molecule has 620 valence electrons. The summed E-state index contributed by atoms with van der Waals surface area (Å²) in [5, 5.41) is 108. The van der Waals surface area contributed by atoms with Crippen molar-refractivity contribution in [3.63, 3.8) is 0 Å². The Bertz CT molecular complexity index is 4390. The molecule has 8 heterocycles. The van der Waals surface area contributed by atoms with E-state index in [-0.39, 0.29) is 55.0 Å². The van der Waals surface area contributed by atoms with E-state index < -0.39 is 78.6 Å². The van der Waals surface area contributed by atoms with Gasteiger partial charge in [0.05, 0.1) is 60.8 Å². The normalized spacial score (nSPS) is 19.8. The zero-order valence-electron chi connectivity index (χ0n) is 65.1. The van der Waals surface area contributed by atoms with Crippen LogP contribution in [0.25, 0.3) is 48.6 Å². The van der Waals surface area contributed by atoms with Crippen LogP contribution in [0.2, 0.25) is 0 Å². The van der Waals surface area contributed by atoms with Crippen molar-refractivity contribution in [3.8, 4) is 0 Å². The number of pyridine rings is 4. The Morgan fingerprint density at radius 2 is 0.636 bits per heavy atom. The van der Waals surface area contributed by atoms with Crippen molar-refractivity contribution < 1.29 is 98.1 Å². The SMILES string of the molecule is O=C(CC(CSSCC(NC(=O)C[n+]1ccc(/C=C/c2ccc(N3CC(O)C(O)C3)cc2)cc1)C(=O)[O-])C(=O)[O-])C[n+]1ccc(/C=C/c2ccc(N3CC(O)C(O)C3)cc2)cc1.O=C(CCCSSCCNC(=O)C[n+]1ccc(/C=C/c2ccc(N3CC(O)C(O)C3)cc2)cc1)C[n+]1ccc(/C=C/c2ccc(N3CC(O)C(O)C3)cc2)cc1. The second-order valence-corrected chi connectivity index (χ2v) is 34.7. The van der Waals surface area contributed by atoms with Gasteiger partial charge in [0.2, 0.25) is 26.2 Å². The lowest BCUT2D eigenvalue weighted by atomic mass is 10.0. The summed E-state index contributed by atoms with van der Waals surface area (Å²) in [4.78, 5) is 82.1. The molecule has 4 aromatic heterocycles. The Morgan fingerprint density at radius 3 is 0.949 bits per heavy atom. The topological polar surface area (TPSA) is 363 Å². The van der Waals surface area contributed by atoms with Crippen molar-refractivity contribution in [2.24, 2.45) is 5.92 Å². The molecule has 4 fully saturated rings. The second kappa shape index (κ2) is 44.7. The number of rotatable bonds is 38. The third kappa shape index (κ3) is 28.1. The van der Waals surface area contributed by atoms with Crippen molar-refractivity contribution in [3.05, 3.63) is 240 Å². The first kappa shape index (κ1) is 88.7. The molecule has 118 heavy (non-hydrogen) atoms. The monoisotopic (exact) mass is 1680 g/mol. The Balaban J connectivity index is 0.000000233. The summed E-state index contributed by atoms with van der Waals surface area (Å²) < 4.78 is 7.00. The number of aliphatic hydroxyl groups excluding tert-OH is 8. The molecule has 30 heteroatoms. The summed E-state index contributed by atoms with van der Waals surface area (Å²) in [6, 6.07) is 45.4. The number of aliphatic carboxylic acids is 2. The highest BCUT2D eigenvalue weighted by molar-refractivity contribution is 8.77. The first-order chi connectivity index (χ1) is 57.0. The van der Waals surface area contributed by atoms with Gasteiger partial charge in [-0.15, -0.1) is 0 Å². The number of β-amino-alcohol motifs (C(OH)–C–C–N with tert-alkyl or cyclic N) is 8. The molecule has 10 unspecified atom stereocenters. The van der Waals surface area contributed by atoms with Gasteiger partial charge < -0.3 is 90.9 Å². The average Bonchev–Trinajstić information content (AvgIpc) is 1.72. The van der Waals surface area contributed by atoms with Gasteiger partial charge in [-0.25, -0.2) is 0 Å². The van der Waals surface area contributed by atoms with E-state index in [1.807, 2.05) is 236 Å². The van der Waals surface area contributed by atoms with Gasteiger partial charge in [-0.1, -0.05) is 140 Å². The minimum Gasteiger partial charge on any atom is -0.550 e. The predicted molar refractivity (Wildman–Crippen MR) is 457 cm³/mol. The third-order valence-electron chi connectivity index (χ3n) is 20.3. The number of hydrogen-bond acceptors (Lipinski definition) is 24. The lowest BCUT2D eigenvalue weighted by Gasteiger charge is -2.19. The van der Waals surface area contributed by atoms with Crippen LogP contribution >= 0.6 is 43.2 Å². The molecule has 10 atom stereocenters. The van der Waals surface area contributed by atoms with Crippen LogP contribution in [0.5, 0.6) is 0 Å². The zero-order chi connectivity index (χ0) is 83.5. The number of carboxylic acid groups (broad SMARTS) is 2. The van der Waals surface area contributed by atoms with Gasteiger partial charge in [-0.3, -0.25) is 19.2 Å². The summed E-state index contributed by atoms with van der Waals surface area (Å²) in [6.45, 7) is 4.23. The van der Waals surface area contributed by atoms with E-state index in [0.29, 0.717) is 71.9 Å². The lowest BCUT2D eigenvalue weighted by molar-refractivity contribution is -0.684. The highest BCUT2D eigenvalue weighted by Crippen LogP contribution is 2.29. The third-order valence-corrected chi connectivity index (χ3v) is 25.3. The van der Waals surface area contributed by atoms with Crippen molar-refractivity contribution in [2.45, 2.75) is 100 Å². The molecule has 4 saturated heterocycles. The number of ketones is 2. The molecule has 2 amide bonds. The van der Waals surface area contributed by atoms with E-state index in [0.717, 1.165) is 107 Å². The van der Waals surface area contributed by atoms with Crippen molar-refractivity contribution in [2.75, 3.05) is 102 Å². The molecule has 4 aromatic carbocycles. The summed E-state index contributed by atoms with van der Waals surface area (Å²) in [5.74, 6) is -3.13. The Labute approximate surface area is 701 Å². The predicted octanol–water partition coefficient (Wildman–Crippen LogP) is 2.56. The lowest BCUT2D eigenvalue weighted by Crippen LogP contribution is -2.52. The smallest absolute Gasteiger partial charge is 0.286 e. The van der Waals surface area contributed by atoms with E-state index in [2.05, 4.69) is 10.6 Å². The van der Waals surface area contributed by atoms with Crippen LogP contribution in [0.15, 0.2) is 195 Å². The Morgan fingerprint density at radius 1 is 0.356 bits per heavy atom. The molecule has 8 aromatic rings. The number of nitrogens with one attached hydrogen (secondary N) is 2. The van der Waals surface area contributed by atoms with Crippen LogP contribution in [0.1, 0.15) is 63.8 Å². The average molecular weight is 1680 g/mol. The number of nitrogens with zero attached hydrogens (tertiary/aromatic N) is 8. The molecule has 4 aliphatic heterocycles. The number of Topliss-reactive ketones (excluding diaryl/α,β-unsaturated/α-hetero) is 2. The molecule has 26 nitrogen and oxygen atoms in total. The number of benzene rings is 4. The van der Waals surface area contributed by atoms with Gasteiger partial charge in [0, 0.05) is 178 Å². The molecular weight excluding hydrogens is 1580 g/mol. The highest BCUT2D eigenvalue weighted by atomic mass is 33.1. The van der Waals surface area contributed by atoms with Gasteiger partial charge in [0.25, 0.3) is 11.8 Å². The van der Waals surface area contributed by atoms with Crippen molar-refractivity contribution in [1.29, 1.82) is 0 Å². The first-order valence-electron chi connectivity index (χ1n) is 39.0. The summed E-state index contributed by atoms with van der Waals surface area (Å²) in [5.41, 5.74) is 11.6. The van der Waals surface area contributed by atoms with E-state index in [4.69, 9.17) is 0 Å². The summed E-state index contributed by atoms with van der Waals surface area (Å²) in [7, 11) is 5.55. The summed E-state index contributed by atoms with van der Waals surface area (Å²) in [6.07, 6.45) is 25.5. The van der Waals surface area contributed by atoms with E-state index in [9.17, 15) is 79.8 Å². The quantitative estimate of drug-likeness (QED) is 0.0151. The van der Waals surface area contributed by atoms with Crippen molar-refractivity contribution in [1.82, 2.24) is 10.6 Å². The molecule has 0 radical (unpaired) electrons. The zero-order valence-corrected chi connectivity index (χ0v) is 68.3. The van der Waals surface area contributed by atoms with Crippen LogP contribution in [0.3, 0.4) is 0 Å². The van der Waals surface area contributed by atoms with Crippen LogP contribution < -0.4 is 58.7 Å². The van der Waals surface area contributed by atoms with Gasteiger partial charge >= 0.3 is 0 Å². The number of aromatic nitrogens is 4. The van der Waals surface area contributed by atoms with Crippen LogP contribution in [0.4, 0.5) is 22.7 Å². The Hall–Kier alpha value is -10.1. The molecule has 0 aliphatic carbocycles. The number of aliphatic hydroxyl groups is 8. The van der Waals surface area contributed by atoms with E-state index in [1.54, 1.807) is 67.6 Å². The fourth-order valence-corrected chi connectivity index (χ4v) is 17.8. The number of carbonyl (C=O) groups excluding carboxylic acids is 6. The fourth-order valence-electron chi connectivity index (χ4n) is 13.4. The van der Waals surface area contributed by atoms with Crippen LogP contribution in [0, 0.1) is 5.92 Å². The van der Waals surface area contributed by atoms with E-state index >= 15 is 0 Å². The number of anilines is 4. The molecule has 12 rings (SSSR count). The maximum atomic E-state index is 12.8. The minimum absolute atomic E-state index is 0.0135. The minimum atomic E-state index is -1.48. The molecule has 0 saturated carbocycles. The molecular formula is C88H100N10O16S4+2. The molecule has 0 spiro atoms. The van der Waals surface area contributed by atoms with E-state index in [1.165, 1.54) is 0 Å². The van der Waals surface area contributed by atoms with Gasteiger partial charge in [-0.05, 0) is 99.5 Å². The largest absolute Gasteiger partial charge is 0.550 e. The number of carboxylic acids is 2. The number of hydrogen-bond donors (Lipinski definition) is 10. The molecule has 4 aliphatic rings. The maximum absolute atomic E-state index is 12.8. The van der Waals surface area contributed by atoms with Gasteiger partial charge in [0.15, 0.2) is 61.1 Å². The van der Waals surface area contributed by atoms with Crippen LogP contribution in [-0.2, 0) is 54.9 Å². The Kier molecular flexibility index (Phi) is 33.6. The molecule has 10 N–H and O–H groups in total. The fraction of sp³-hybridized carbons (Fsp3) is 0.341. The standard InChI is InChI=1S/C45H49N5O10S2.C43H50N5O6S2/c51-37(22-47-17-13-32(14-18-47)3-1-30-5-9-35(10-6-30)49-23-39(52)40(53)24-49)21-34(44(57)58)28-61-62-29-38(45(59)60)46-43(56)27-48-19-15-33(16-20-48)4-2-31-7-11-36(12-8-31)50-25-41(54)42(55)26-50;49-38(26-45-20-15-34(16-21-45)5-3-32-7-11-36(12-8-32)47-27-39(50)40(51)28-47)2-1-24-55-56-25-19-44-43(54)31-46-22-17-35(18-23-46)6-4-33-9-13-37(14-10-33)48-29-41(52)42(53)30-48/h1-20,34,38-42,52-55H,21-29H2,(H-2,46,56,57,58,59,60);3-18,20-23,39-42,50-53H,1-2,19,24-31H2/q;+1/p+1. The van der Waals surface area contributed by atoms with Crippen LogP contribution in [-0.4, -0.2) is 213 Å². The van der Waals surface area contributed by atoms with Crippen molar-refractivity contribution >= 4 is 150 Å². The first-order valence-corrected chi connectivity index (χ1v) is 44.0. The number of carbonyl (C=O) groups is 6. The summed E-state index contributed by atoms with van der Waals surface area (Å²) >= 11 is 0. The number of amides is 2. The molecule has 0 bridgehead atoms. The van der Waals surface area contributed by atoms with Gasteiger partial charge in [-0.2, -0.15) is 18.3 Å². The van der Waals surface area contributed by atoms with Gasteiger partial charge in [0.1, 0.15) is 0 Å². The highest BCUT2D eigenvalue weighted by Gasteiger charge is 2.33. The second-order valence-electron chi connectivity index (χ2n) is 29.5.